The minimum atomic E-state index is -0.0295. The number of hydrogen-bond donors (Lipinski definition) is 0. The van der Waals surface area contributed by atoms with E-state index in [9.17, 15) is 9.59 Å². The zero-order valence-corrected chi connectivity index (χ0v) is 13.0. The van der Waals surface area contributed by atoms with Crippen LogP contribution in [-0.4, -0.2) is 61.5 Å². The van der Waals surface area contributed by atoms with Crippen molar-refractivity contribution in [1.82, 2.24) is 9.80 Å². The summed E-state index contributed by atoms with van der Waals surface area (Å²) in [6, 6.07) is 1.85. The maximum absolute atomic E-state index is 12.5. The first-order chi connectivity index (χ1) is 10.2. The van der Waals surface area contributed by atoms with Crippen molar-refractivity contribution in [3.8, 4) is 0 Å². The molecule has 0 aliphatic carbocycles. The van der Waals surface area contributed by atoms with E-state index in [0.717, 1.165) is 18.5 Å². The molecular formula is C15H20N2O3S. The van der Waals surface area contributed by atoms with Crippen molar-refractivity contribution in [2.24, 2.45) is 11.8 Å². The molecule has 2 aliphatic heterocycles. The molecule has 0 radical (unpaired) electrons. The zero-order valence-electron chi connectivity index (χ0n) is 12.2. The van der Waals surface area contributed by atoms with Crippen LogP contribution in [0.3, 0.4) is 0 Å². The first-order valence-corrected chi connectivity index (χ1v) is 8.24. The Labute approximate surface area is 128 Å². The van der Waals surface area contributed by atoms with Crippen molar-refractivity contribution in [2.75, 3.05) is 39.9 Å². The molecule has 2 fully saturated rings. The maximum atomic E-state index is 12.5. The highest BCUT2D eigenvalue weighted by Gasteiger charge is 2.44. The van der Waals surface area contributed by atoms with Gasteiger partial charge in [-0.1, -0.05) is 0 Å². The number of nitrogens with zero attached hydrogens (tertiary/aromatic N) is 2. The van der Waals surface area contributed by atoms with Crippen LogP contribution in [0.5, 0.6) is 0 Å². The number of rotatable bonds is 4. The molecule has 2 atom stereocenters. The van der Waals surface area contributed by atoms with E-state index in [0.29, 0.717) is 32.2 Å². The van der Waals surface area contributed by atoms with Crippen LogP contribution in [0.4, 0.5) is 0 Å². The van der Waals surface area contributed by atoms with Gasteiger partial charge in [0.1, 0.15) is 0 Å². The van der Waals surface area contributed by atoms with Crippen LogP contribution in [-0.2, 0) is 9.53 Å². The number of hydrogen-bond acceptors (Lipinski definition) is 4. The van der Waals surface area contributed by atoms with E-state index < -0.39 is 0 Å². The Hall–Kier alpha value is -1.40. The zero-order chi connectivity index (χ0) is 14.8. The van der Waals surface area contributed by atoms with Crippen LogP contribution < -0.4 is 0 Å². The Balaban J connectivity index is 1.65. The van der Waals surface area contributed by atoms with Gasteiger partial charge in [-0.15, -0.1) is 0 Å². The summed E-state index contributed by atoms with van der Waals surface area (Å²) < 4.78 is 5.06. The van der Waals surface area contributed by atoms with Gasteiger partial charge in [0.25, 0.3) is 5.91 Å². The predicted octanol–water partition coefficient (Wildman–Crippen LogP) is 1.31. The van der Waals surface area contributed by atoms with Crippen LogP contribution in [0.2, 0.25) is 0 Å². The molecule has 2 saturated heterocycles. The average molecular weight is 308 g/mol. The van der Waals surface area contributed by atoms with Gasteiger partial charge in [-0.25, -0.2) is 0 Å². The highest BCUT2D eigenvalue weighted by molar-refractivity contribution is 7.08. The molecule has 3 rings (SSSR count). The number of thiophene rings is 1. The molecule has 0 bridgehead atoms. The summed E-state index contributed by atoms with van der Waals surface area (Å²) in [6.45, 7) is 3.27. The lowest BCUT2D eigenvalue weighted by Gasteiger charge is -2.33. The lowest BCUT2D eigenvalue weighted by molar-refractivity contribution is -0.140. The Morgan fingerprint density at radius 1 is 1.48 bits per heavy atom. The number of fused-ring (bicyclic) bond motifs is 1. The fourth-order valence-corrected chi connectivity index (χ4v) is 3.90. The minimum absolute atomic E-state index is 0.0295. The lowest BCUT2D eigenvalue weighted by atomic mass is 9.88. The van der Waals surface area contributed by atoms with Gasteiger partial charge in [-0.2, -0.15) is 11.3 Å². The standard InChI is InChI=1S/C15H20N2O3S/c1-20-6-5-16-4-2-11-8-17(9-13(11)15(16)19)14(18)12-3-7-21-10-12/h3,7,10-11,13H,2,4-6,8-9H2,1H3/t11-,13-/m1/s1. The molecule has 2 aliphatic rings. The van der Waals surface area contributed by atoms with Gasteiger partial charge >= 0.3 is 0 Å². The molecule has 0 spiro atoms. The van der Waals surface area contributed by atoms with Gasteiger partial charge < -0.3 is 14.5 Å². The van der Waals surface area contributed by atoms with Crippen molar-refractivity contribution in [3.05, 3.63) is 22.4 Å². The quantitative estimate of drug-likeness (QED) is 0.843. The van der Waals surface area contributed by atoms with Crippen LogP contribution in [0.25, 0.3) is 0 Å². The number of amides is 2. The third-order valence-electron chi connectivity index (χ3n) is 4.46. The van der Waals surface area contributed by atoms with E-state index in [1.807, 2.05) is 26.6 Å². The van der Waals surface area contributed by atoms with Crippen LogP contribution in [0, 0.1) is 11.8 Å². The Bertz CT molecular complexity index is 517. The first-order valence-electron chi connectivity index (χ1n) is 7.30. The Morgan fingerprint density at radius 2 is 2.33 bits per heavy atom. The number of methoxy groups -OCH3 is 1. The first kappa shape index (κ1) is 14.5. The van der Waals surface area contributed by atoms with E-state index >= 15 is 0 Å². The fraction of sp³-hybridized carbons (Fsp3) is 0.600. The number of carbonyl (C=O) groups excluding carboxylic acids is 2. The average Bonchev–Trinajstić information content (AvgIpc) is 3.15. The summed E-state index contributed by atoms with van der Waals surface area (Å²) in [5.41, 5.74) is 0.738. The molecule has 6 heteroatoms. The maximum Gasteiger partial charge on any atom is 0.254 e. The topological polar surface area (TPSA) is 49.9 Å². The van der Waals surface area contributed by atoms with Crippen molar-refractivity contribution < 1.29 is 14.3 Å². The summed E-state index contributed by atoms with van der Waals surface area (Å²) in [4.78, 5) is 28.6. The normalized spacial score (nSPS) is 25.3. The Kier molecular flexibility index (Phi) is 4.26. The molecule has 1 aromatic heterocycles. The van der Waals surface area contributed by atoms with Crippen LogP contribution >= 0.6 is 11.3 Å². The van der Waals surface area contributed by atoms with Crippen LogP contribution in [0.15, 0.2) is 16.8 Å². The van der Waals surface area contributed by atoms with Crippen LogP contribution in [0.1, 0.15) is 16.8 Å². The predicted molar refractivity (Wildman–Crippen MR) is 80.3 cm³/mol. The van der Waals surface area contributed by atoms with Gasteiger partial charge in [0.15, 0.2) is 0 Å². The minimum Gasteiger partial charge on any atom is -0.383 e. The van der Waals surface area contributed by atoms with E-state index in [2.05, 4.69) is 0 Å². The van der Waals surface area contributed by atoms with Gasteiger partial charge in [-0.3, -0.25) is 9.59 Å². The van der Waals surface area contributed by atoms with E-state index in [-0.39, 0.29) is 17.7 Å². The van der Waals surface area contributed by atoms with Gasteiger partial charge in [0.05, 0.1) is 18.1 Å². The molecule has 114 valence electrons. The second-order valence-electron chi connectivity index (χ2n) is 5.70. The second kappa shape index (κ2) is 6.15. The van der Waals surface area contributed by atoms with E-state index in [4.69, 9.17) is 4.74 Å². The van der Waals surface area contributed by atoms with Crippen molar-refractivity contribution in [1.29, 1.82) is 0 Å². The van der Waals surface area contributed by atoms with E-state index in [1.54, 1.807) is 7.11 Å². The summed E-state index contributed by atoms with van der Waals surface area (Å²) in [5, 5.41) is 3.78. The molecular weight excluding hydrogens is 288 g/mol. The second-order valence-corrected chi connectivity index (χ2v) is 6.48. The molecule has 0 unspecified atom stereocenters. The van der Waals surface area contributed by atoms with Gasteiger partial charge in [0, 0.05) is 38.7 Å². The molecule has 2 amide bonds. The molecule has 21 heavy (non-hydrogen) atoms. The number of carbonyl (C=O) groups is 2. The molecule has 5 nitrogen and oxygen atoms in total. The third-order valence-corrected chi connectivity index (χ3v) is 5.14. The van der Waals surface area contributed by atoms with Gasteiger partial charge in [0.2, 0.25) is 5.91 Å². The smallest absolute Gasteiger partial charge is 0.254 e. The van der Waals surface area contributed by atoms with Crippen molar-refractivity contribution in [2.45, 2.75) is 6.42 Å². The number of likely N-dealkylation sites (tertiary alicyclic amines) is 2. The summed E-state index contributed by atoms with van der Waals surface area (Å²) >= 11 is 1.53. The van der Waals surface area contributed by atoms with Crippen molar-refractivity contribution in [3.63, 3.8) is 0 Å². The molecule has 0 N–H and O–H groups in total. The van der Waals surface area contributed by atoms with E-state index in [1.165, 1.54) is 11.3 Å². The largest absolute Gasteiger partial charge is 0.383 e. The molecule has 0 saturated carbocycles. The highest BCUT2D eigenvalue weighted by Crippen LogP contribution is 2.33. The van der Waals surface area contributed by atoms with Gasteiger partial charge in [-0.05, 0) is 23.8 Å². The highest BCUT2D eigenvalue weighted by atomic mass is 32.1. The molecule has 1 aromatic rings. The summed E-state index contributed by atoms with van der Waals surface area (Å²) in [7, 11) is 1.65. The molecule has 0 aromatic carbocycles. The number of piperidine rings is 1. The third kappa shape index (κ3) is 2.82. The summed E-state index contributed by atoms with van der Waals surface area (Å²) in [5.74, 6) is 0.530. The molecule has 3 heterocycles. The fourth-order valence-electron chi connectivity index (χ4n) is 3.27. The Morgan fingerprint density at radius 3 is 3.05 bits per heavy atom. The van der Waals surface area contributed by atoms with Crippen molar-refractivity contribution >= 4 is 23.2 Å². The monoisotopic (exact) mass is 308 g/mol. The number of ether oxygens (including phenoxy) is 1. The summed E-state index contributed by atoms with van der Waals surface area (Å²) in [6.07, 6.45) is 0.980. The SMILES string of the molecule is COCCN1CC[C@@H]2CN(C(=O)c3ccsc3)C[C@H]2C1=O. The lowest BCUT2D eigenvalue weighted by Crippen LogP contribution is -2.46.